The second-order valence-electron chi connectivity index (χ2n) is 5.60. The van der Waals surface area contributed by atoms with Crippen LogP contribution in [0.4, 0.5) is 0 Å². The molecule has 0 aliphatic carbocycles. The Bertz CT molecular complexity index is 379. The molecule has 3 rings (SSSR count). The average Bonchev–Trinajstić information content (AvgIpc) is 2.97. The molecule has 2 aliphatic heterocycles. The van der Waals surface area contributed by atoms with Crippen LogP contribution in [-0.2, 0) is 6.54 Å². The van der Waals surface area contributed by atoms with Crippen molar-refractivity contribution in [2.24, 2.45) is 5.73 Å². The summed E-state index contributed by atoms with van der Waals surface area (Å²) in [6.45, 7) is 5.62. The molecule has 2 aliphatic rings. The monoisotopic (exact) mass is 245 g/mol. The van der Waals surface area contributed by atoms with Gasteiger partial charge in [-0.1, -0.05) is 30.3 Å². The number of nitrogens with two attached hydrogens (primary N) is 1. The molecule has 2 saturated heterocycles. The van der Waals surface area contributed by atoms with Crippen LogP contribution in [0.2, 0.25) is 0 Å². The molecular weight excluding hydrogens is 222 g/mol. The SMILES string of the molecule is NCCCN1CC2CC1CN2Cc1ccccc1. The summed E-state index contributed by atoms with van der Waals surface area (Å²) >= 11 is 0. The van der Waals surface area contributed by atoms with E-state index in [2.05, 4.69) is 40.1 Å². The predicted octanol–water partition coefficient (Wildman–Crippen LogP) is 1.29. The number of piperazine rings is 1. The summed E-state index contributed by atoms with van der Waals surface area (Å²) in [5.74, 6) is 0. The highest BCUT2D eigenvalue weighted by molar-refractivity contribution is 5.15. The van der Waals surface area contributed by atoms with E-state index in [4.69, 9.17) is 5.73 Å². The second-order valence-corrected chi connectivity index (χ2v) is 5.60. The van der Waals surface area contributed by atoms with Gasteiger partial charge in [0.05, 0.1) is 0 Å². The number of hydrogen-bond acceptors (Lipinski definition) is 3. The van der Waals surface area contributed by atoms with Crippen molar-refractivity contribution in [2.75, 3.05) is 26.2 Å². The molecule has 1 aromatic carbocycles. The molecule has 0 spiro atoms. The molecule has 2 heterocycles. The van der Waals surface area contributed by atoms with Gasteiger partial charge >= 0.3 is 0 Å². The van der Waals surface area contributed by atoms with Crippen molar-refractivity contribution in [1.82, 2.24) is 9.80 Å². The largest absolute Gasteiger partial charge is 0.330 e. The predicted molar refractivity (Wildman–Crippen MR) is 74.3 cm³/mol. The number of benzene rings is 1. The van der Waals surface area contributed by atoms with Crippen LogP contribution in [0.15, 0.2) is 30.3 Å². The van der Waals surface area contributed by atoms with Gasteiger partial charge in [0, 0.05) is 31.7 Å². The van der Waals surface area contributed by atoms with Gasteiger partial charge in [-0.15, -0.1) is 0 Å². The maximum absolute atomic E-state index is 5.60. The van der Waals surface area contributed by atoms with Crippen molar-refractivity contribution in [1.29, 1.82) is 0 Å². The van der Waals surface area contributed by atoms with E-state index in [9.17, 15) is 0 Å². The Kier molecular flexibility index (Phi) is 3.64. The zero-order valence-corrected chi connectivity index (χ0v) is 11.0. The smallest absolute Gasteiger partial charge is 0.0242 e. The molecule has 0 saturated carbocycles. The first-order chi connectivity index (χ1) is 8.86. The van der Waals surface area contributed by atoms with Crippen LogP contribution in [0.1, 0.15) is 18.4 Å². The minimum absolute atomic E-state index is 0.771. The highest BCUT2D eigenvalue weighted by Crippen LogP contribution is 2.31. The maximum Gasteiger partial charge on any atom is 0.0242 e. The zero-order valence-electron chi connectivity index (χ0n) is 11.0. The maximum atomic E-state index is 5.60. The highest BCUT2D eigenvalue weighted by atomic mass is 15.3. The van der Waals surface area contributed by atoms with Gasteiger partial charge in [-0.25, -0.2) is 0 Å². The van der Waals surface area contributed by atoms with Crippen molar-refractivity contribution in [3.63, 3.8) is 0 Å². The van der Waals surface area contributed by atoms with E-state index in [-0.39, 0.29) is 0 Å². The lowest BCUT2D eigenvalue weighted by atomic mass is 10.2. The van der Waals surface area contributed by atoms with Crippen LogP contribution < -0.4 is 5.73 Å². The Balaban J connectivity index is 1.54. The summed E-state index contributed by atoms with van der Waals surface area (Å²) in [4.78, 5) is 5.29. The Morgan fingerprint density at radius 2 is 1.78 bits per heavy atom. The topological polar surface area (TPSA) is 32.5 Å². The first-order valence-corrected chi connectivity index (χ1v) is 7.09. The Hall–Kier alpha value is -0.900. The van der Waals surface area contributed by atoms with Crippen LogP contribution in [0.25, 0.3) is 0 Å². The third-order valence-electron chi connectivity index (χ3n) is 4.35. The van der Waals surface area contributed by atoms with Crippen molar-refractivity contribution in [3.8, 4) is 0 Å². The van der Waals surface area contributed by atoms with E-state index in [0.717, 1.165) is 31.6 Å². The molecule has 98 valence electrons. The lowest BCUT2D eigenvalue weighted by molar-refractivity contribution is 0.122. The molecule has 3 nitrogen and oxygen atoms in total. The number of fused-ring (bicyclic) bond motifs is 2. The highest BCUT2D eigenvalue weighted by Gasteiger charge is 2.42. The number of hydrogen-bond donors (Lipinski definition) is 1. The third-order valence-corrected chi connectivity index (χ3v) is 4.35. The molecule has 2 unspecified atom stereocenters. The van der Waals surface area contributed by atoms with Gasteiger partial charge in [0.2, 0.25) is 0 Å². The molecule has 0 radical (unpaired) electrons. The summed E-state index contributed by atoms with van der Waals surface area (Å²) < 4.78 is 0. The lowest BCUT2D eigenvalue weighted by Gasteiger charge is -2.34. The van der Waals surface area contributed by atoms with E-state index in [1.807, 2.05) is 0 Å². The summed E-state index contributed by atoms with van der Waals surface area (Å²) in [7, 11) is 0. The fraction of sp³-hybridized carbons (Fsp3) is 0.600. The van der Waals surface area contributed by atoms with Gasteiger partial charge in [-0.2, -0.15) is 0 Å². The van der Waals surface area contributed by atoms with Crippen molar-refractivity contribution in [2.45, 2.75) is 31.5 Å². The average molecular weight is 245 g/mol. The van der Waals surface area contributed by atoms with Gasteiger partial charge in [0.15, 0.2) is 0 Å². The van der Waals surface area contributed by atoms with Crippen LogP contribution >= 0.6 is 0 Å². The Morgan fingerprint density at radius 1 is 1.06 bits per heavy atom. The number of rotatable bonds is 5. The Labute approximate surface area is 110 Å². The fourth-order valence-electron chi connectivity index (χ4n) is 3.41. The van der Waals surface area contributed by atoms with Crippen LogP contribution in [0.5, 0.6) is 0 Å². The summed E-state index contributed by atoms with van der Waals surface area (Å²) in [6.07, 6.45) is 2.50. The van der Waals surface area contributed by atoms with E-state index in [1.165, 1.54) is 31.6 Å². The molecule has 1 aromatic rings. The van der Waals surface area contributed by atoms with Gasteiger partial charge in [-0.3, -0.25) is 9.80 Å². The van der Waals surface area contributed by atoms with Gasteiger partial charge in [0.25, 0.3) is 0 Å². The zero-order chi connectivity index (χ0) is 12.4. The molecule has 2 fully saturated rings. The van der Waals surface area contributed by atoms with Gasteiger partial charge in [-0.05, 0) is 31.5 Å². The van der Waals surface area contributed by atoms with Crippen molar-refractivity contribution < 1.29 is 0 Å². The standard InChI is InChI=1S/C15H23N3/c16-7-4-8-17-11-15-9-14(17)12-18(15)10-13-5-2-1-3-6-13/h1-3,5-6,14-15H,4,7-12,16H2. The van der Waals surface area contributed by atoms with Gasteiger partial charge in [0.1, 0.15) is 0 Å². The van der Waals surface area contributed by atoms with Gasteiger partial charge < -0.3 is 5.73 Å². The molecule has 0 amide bonds. The summed E-state index contributed by atoms with van der Waals surface area (Å²) in [5.41, 5.74) is 7.04. The van der Waals surface area contributed by atoms with E-state index >= 15 is 0 Å². The normalized spacial score (nSPS) is 28.1. The third kappa shape index (κ3) is 2.44. The van der Waals surface area contributed by atoms with Crippen LogP contribution in [0, 0.1) is 0 Å². The summed E-state index contributed by atoms with van der Waals surface area (Å²) in [6, 6.07) is 12.4. The quantitative estimate of drug-likeness (QED) is 0.848. The molecule has 18 heavy (non-hydrogen) atoms. The first-order valence-electron chi connectivity index (χ1n) is 7.09. The van der Waals surface area contributed by atoms with Crippen LogP contribution in [-0.4, -0.2) is 48.1 Å². The first kappa shape index (κ1) is 12.2. The molecule has 2 N–H and O–H groups in total. The van der Waals surface area contributed by atoms with Crippen molar-refractivity contribution in [3.05, 3.63) is 35.9 Å². The van der Waals surface area contributed by atoms with Crippen molar-refractivity contribution >= 4 is 0 Å². The van der Waals surface area contributed by atoms with E-state index in [0.29, 0.717) is 0 Å². The second kappa shape index (κ2) is 5.39. The molecule has 3 heteroatoms. The molecule has 2 bridgehead atoms. The fourth-order valence-corrected chi connectivity index (χ4v) is 3.41. The van der Waals surface area contributed by atoms with E-state index in [1.54, 1.807) is 0 Å². The Morgan fingerprint density at radius 3 is 2.44 bits per heavy atom. The summed E-state index contributed by atoms with van der Waals surface area (Å²) in [5, 5.41) is 0. The minimum atomic E-state index is 0.771. The number of likely N-dealkylation sites (tertiary alicyclic amines) is 2. The minimum Gasteiger partial charge on any atom is -0.330 e. The van der Waals surface area contributed by atoms with E-state index < -0.39 is 0 Å². The number of nitrogens with zero attached hydrogens (tertiary/aromatic N) is 2. The molecular formula is C15H23N3. The molecule has 2 atom stereocenters. The lowest BCUT2D eigenvalue weighted by Crippen LogP contribution is -2.46. The van der Waals surface area contributed by atoms with Crippen LogP contribution in [0.3, 0.4) is 0 Å². The molecule has 0 aromatic heterocycles.